The number of halogens is 2. The van der Waals surface area contributed by atoms with Crippen LogP contribution in [0, 0.1) is 0 Å². The number of benzene rings is 4. The summed E-state index contributed by atoms with van der Waals surface area (Å²) >= 11 is 12.3. The predicted octanol–water partition coefficient (Wildman–Crippen LogP) is 7.77. The Morgan fingerprint density at radius 3 is 2.03 bits per heavy atom. The van der Waals surface area contributed by atoms with E-state index in [0.717, 1.165) is 28.1 Å². The van der Waals surface area contributed by atoms with Gasteiger partial charge >= 0.3 is 0 Å². The van der Waals surface area contributed by atoms with Gasteiger partial charge in [-0.25, -0.2) is 4.68 Å². The van der Waals surface area contributed by atoms with Crippen molar-refractivity contribution in [2.75, 3.05) is 5.32 Å². The van der Waals surface area contributed by atoms with Crippen LogP contribution < -0.4 is 5.32 Å². The number of hydrogen-bond donors (Lipinski definition) is 1. The van der Waals surface area contributed by atoms with Gasteiger partial charge in [0, 0.05) is 5.56 Å². The van der Waals surface area contributed by atoms with Crippen molar-refractivity contribution in [2.45, 2.75) is 0 Å². The third kappa shape index (κ3) is 4.46. The third-order valence-electron chi connectivity index (χ3n) is 5.43. The molecule has 1 aromatic heterocycles. The van der Waals surface area contributed by atoms with Crippen LogP contribution >= 0.6 is 23.2 Å². The lowest BCUT2D eigenvalue weighted by atomic mass is 10.0. The highest BCUT2D eigenvalue weighted by molar-refractivity contribution is 6.44. The second-order valence-corrected chi connectivity index (χ2v) is 8.45. The monoisotopic (exact) mass is 483 g/mol. The summed E-state index contributed by atoms with van der Waals surface area (Å²) in [4.78, 5) is 13.1. The fraction of sp³-hybridized carbons (Fsp3) is 0. The molecule has 34 heavy (non-hydrogen) atoms. The molecular formula is C28H19Cl2N3O. The Labute approximate surface area is 207 Å². The molecule has 0 aliphatic carbocycles. The van der Waals surface area contributed by atoms with Crippen LogP contribution in [0.1, 0.15) is 10.5 Å². The summed E-state index contributed by atoms with van der Waals surface area (Å²) in [6.07, 6.45) is 0. The van der Waals surface area contributed by atoms with Gasteiger partial charge in [0.1, 0.15) is 0 Å². The van der Waals surface area contributed by atoms with Gasteiger partial charge in [-0.05, 0) is 41.5 Å². The number of nitrogens with one attached hydrogen (secondary N) is 1. The summed E-state index contributed by atoms with van der Waals surface area (Å²) in [5, 5.41) is 8.08. The predicted molar refractivity (Wildman–Crippen MR) is 139 cm³/mol. The molecule has 5 aromatic rings. The second-order valence-electron chi connectivity index (χ2n) is 7.66. The van der Waals surface area contributed by atoms with Gasteiger partial charge < -0.3 is 5.32 Å². The van der Waals surface area contributed by atoms with Crippen LogP contribution in [0.15, 0.2) is 109 Å². The first-order valence-electron chi connectivity index (χ1n) is 10.7. The third-order valence-corrected chi connectivity index (χ3v) is 6.25. The van der Waals surface area contributed by atoms with E-state index in [2.05, 4.69) is 34.7 Å². The lowest BCUT2D eigenvalue weighted by molar-refractivity contribution is 0.102. The largest absolute Gasteiger partial charge is 0.319 e. The molecule has 1 heterocycles. The van der Waals surface area contributed by atoms with Crippen LogP contribution in [-0.2, 0) is 0 Å². The van der Waals surface area contributed by atoms with Gasteiger partial charge in [-0.2, -0.15) is 5.10 Å². The Hall–Kier alpha value is -3.86. The zero-order valence-corrected chi connectivity index (χ0v) is 19.5. The fourth-order valence-corrected chi connectivity index (χ4v) is 4.06. The lowest BCUT2D eigenvalue weighted by Crippen LogP contribution is -2.13. The van der Waals surface area contributed by atoms with E-state index in [4.69, 9.17) is 23.2 Å². The highest BCUT2D eigenvalue weighted by Crippen LogP contribution is 2.31. The van der Waals surface area contributed by atoms with Gasteiger partial charge in [0.25, 0.3) is 5.91 Å². The van der Waals surface area contributed by atoms with Crippen LogP contribution in [-0.4, -0.2) is 15.7 Å². The Morgan fingerprint density at radius 1 is 0.706 bits per heavy atom. The highest BCUT2D eigenvalue weighted by Gasteiger charge is 2.18. The van der Waals surface area contributed by atoms with Crippen LogP contribution in [0.2, 0.25) is 10.0 Å². The summed E-state index contributed by atoms with van der Waals surface area (Å²) in [5.41, 5.74) is 5.55. The van der Waals surface area contributed by atoms with E-state index in [1.165, 1.54) is 0 Å². The number of hydrogen-bond acceptors (Lipinski definition) is 2. The molecular weight excluding hydrogens is 465 g/mol. The molecule has 5 rings (SSSR count). The Morgan fingerprint density at radius 2 is 1.32 bits per heavy atom. The highest BCUT2D eigenvalue weighted by atomic mass is 35.5. The molecule has 1 amide bonds. The molecule has 0 atom stereocenters. The van der Waals surface area contributed by atoms with Gasteiger partial charge in [0.15, 0.2) is 5.69 Å². The quantitative estimate of drug-likeness (QED) is 0.277. The van der Waals surface area contributed by atoms with E-state index in [0.29, 0.717) is 10.7 Å². The van der Waals surface area contributed by atoms with E-state index in [-0.39, 0.29) is 16.6 Å². The minimum Gasteiger partial charge on any atom is -0.319 e. The van der Waals surface area contributed by atoms with E-state index >= 15 is 0 Å². The molecule has 4 nitrogen and oxygen atoms in total. The number of nitrogens with zero attached hydrogens (tertiary/aromatic N) is 2. The molecule has 0 radical (unpaired) electrons. The molecule has 0 bridgehead atoms. The van der Waals surface area contributed by atoms with Crippen molar-refractivity contribution in [2.24, 2.45) is 0 Å². The number of para-hydroxylation sites is 1. The van der Waals surface area contributed by atoms with E-state index < -0.39 is 0 Å². The molecule has 0 unspecified atom stereocenters. The molecule has 0 saturated carbocycles. The van der Waals surface area contributed by atoms with Crippen molar-refractivity contribution in [3.05, 3.63) is 125 Å². The number of aromatic nitrogens is 2. The van der Waals surface area contributed by atoms with E-state index in [1.807, 2.05) is 60.7 Å². The molecule has 0 saturated heterocycles. The average molecular weight is 484 g/mol. The molecule has 4 aromatic carbocycles. The van der Waals surface area contributed by atoms with Crippen molar-refractivity contribution < 1.29 is 4.79 Å². The van der Waals surface area contributed by atoms with Crippen molar-refractivity contribution in [1.29, 1.82) is 0 Å². The smallest absolute Gasteiger partial charge is 0.276 e. The van der Waals surface area contributed by atoms with Gasteiger partial charge in [0.2, 0.25) is 0 Å². The first kappa shape index (κ1) is 22.0. The Balaban J connectivity index is 1.53. The van der Waals surface area contributed by atoms with Gasteiger partial charge in [-0.1, -0.05) is 102 Å². The zero-order valence-electron chi connectivity index (χ0n) is 18.0. The first-order valence-corrected chi connectivity index (χ1v) is 11.4. The molecule has 166 valence electrons. The maximum atomic E-state index is 13.1. The zero-order chi connectivity index (χ0) is 23.5. The van der Waals surface area contributed by atoms with Crippen LogP contribution in [0.4, 0.5) is 5.69 Å². The van der Waals surface area contributed by atoms with Crippen LogP contribution in [0.3, 0.4) is 0 Å². The van der Waals surface area contributed by atoms with E-state index in [1.54, 1.807) is 28.9 Å². The number of rotatable bonds is 5. The molecule has 0 spiro atoms. The van der Waals surface area contributed by atoms with Gasteiger partial charge in [-0.15, -0.1) is 0 Å². The summed E-state index contributed by atoms with van der Waals surface area (Å²) in [7, 11) is 0. The van der Waals surface area contributed by atoms with Crippen molar-refractivity contribution in [1.82, 2.24) is 9.78 Å². The minimum atomic E-state index is -0.374. The fourth-order valence-electron chi connectivity index (χ4n) is 3.71. The van der Waals surface area contributed by atoms with Crippen LogP contribution in [0.5, 0.6) is 0 Å². The number of anilines is 1. The number of carbonyl (C=O) groups is 1. The normalized spacial score (nSPS) is 10.8. The van der Waals surface area contributed by atoms with Crippen molar-refractivity contribution in [3.8, 4) is 28.1 Å². The molecule has 0 fully saturated rings. The first-order chi connectivity index (χ1) is 16.6. The standard InChI is InChI=1S/C28H19Cl2N3O/c29-23-12-7-13-24(27(23)30)31-28(34)25-18-26(33(32-25)22-10-5-2-6-11-22)21-16-14-20(15-17-21)19-8-3-1-4-9-19/h1-18H,(H,31,34). The molecule has 0 aliphatic heterocycles. The van der Waals surface area contributed by atoms with E-state index in [9.17, 15) is 4.79 Å². The maximum Gasteiger partial charge on any atom is 0.276 e. The summed E-state index contributed by atoms with van der Waals surface area (Å²) < 4.78 is 1.77. The lowest BCUT2D eigenvalue weighted by Gasteiger charge is -2.08. The van der Waals surface area contributed by atoms with Crippen molar-refractivity contribution >= 4 is 34.8 Å². The van der Waals surface area contributed by atoms with Crippen molar-refractivity contribution in [3.63, 3.8) is 0 Å². The average Bonchev–Trinajstić information content (AvgIpc) is 3.34. The maximum absolute atomic E-state index is 13.1. The number of amides is 1. The Bertz CT molecular complexity index is 1450. The summed E-state index contributed by atoms with van der Waals surface area (Å²) in [6, 6.07) is 35.0. The minimum absolute atomic E-state index is 0.266. The molecule has 0 aliphatic rings. The molecule has 6 heteroatoms. The topological polar surface area (TPSA) is 46.9 Å². The Kier molecular flexibility index (Phi) is 6.17. The summed E-state index contributed by atoms with van der Waals surface area (Å²) in [5.74, 6) is -0.374. The summed E-state index contributed by atoms with van der Waals surface area (Å²) in [6.45, 7) is 0. The van der Waals surface area contributed by atoms with Gasteiger partial charge in [0.05, 0.1) is 27.1 Å². The molecule has 1 N–H and O–H groups in total. The number of carbonyl (C=O) groups excluding carboxylic acids is 1. The second kappa shape index (κ2) is 9.56. The SMILES string of the molecule is O=C(Nc1cccc(Cl)c1Cl)c1cc(-c2ccc(-c3ccccc3)cc2)n(-c2ccccc2)n1. The van der Waals surface area contributed by atoms with Crippen LogP contribution in [0.25, 0.3) is 28.1 Å². The van der Waals surface area contributed by atoms with Gasteiger partial charge in [-0.3, -0.25) is 4.79 Å².